The van der Waals surface area contributed by atoms with Crippen LogP contribution in [0.15, 0.2) is 24.3 Å². The van der Waals surface area contributed by atoms with E-state index in [2.05, 4.69) is 6.92 Å². The molecule has 3 heteroatoms. The van der Waals surface area contributed by atoms with Crippen LogP contribution in [0.4, 0.5) is 0 Å². The molecule has 1 aliphatic rings. The summed E-state index contributed by atoms with van der Waals surface area (Å²) in [6.45, 7) is 2.81. The van der Waals surface area contributed by atoms with Gasteiger partial charge in [-0.3, -0.25) is 0 Å². The number of ether oxygens (including phenoxy) is 2. The van der Waals surface area contributed by atoms with Gasteiger partial charge in [0.15, 0.2) is 0 Å². The van der Waals surface area contributed by atoms with Crippen LogP contribution in [0.2, 0.25) is 0 Å². The van der Waals surface area contributed by atoms with Gasteiger partial charge < -0.3 is 9.47 Å². The Hall–Kier alpha value is -0.730. The zero-order valence-corrected chi connectivity index (χ0v) is 10.5. The van der Waals surface area contributed by atoms with Crippen LogP contribution in [0, 0.1) is 0 Å². The molecule has 2 atom stereocenters. The molecule has 2 nitrogen and oxygen atoms in total. The van der Waals surface area contributed by atoms with E-state index < -0.39 is 0 Å². The first-order valence-corrected chi connectivity index (χ1v) is 5.93. The number of hydrogen-bond acceptors (Lipinski definition) is 2. The average molecular weight is 241 g/mol. The van der Waals surface area contributed by atoms with Gasteiger partial charge in [-0.1, -0.05) is 12.1 Å². The molecule has 0 N–H and O–H groups in total. The maximum atomic E-state index is 6.37. The molecular formula is C13H17ClO2. The molecule has 0 aliphatic carbocycles. The second-order valence-electron chi connectivity index (χ2n) is 4.50. The van der Waals surface area contributed by atoms with E-state index in [4.69, 9.17) is 21.1 Å². The lowest BCUT2D eigenvalue weighted by atomic mass is 9.92. The third-order valence-electron chi connectivity index (χ3n) is 3.04. The standard InChI is InChI=1S/C13H17ClO2/c1-13(14)7-8-16-12(9-13)10-3-5-11(15-2)6-4-10/h3-6,12H,7-9H2,1-2H3. The summed E-state index contributed by atoms with van der Waals surface area (Å²) in [5.74, 6) is 0.869. The zero-order valence-electron chi connectivity index (χ0n) is 9.70. The molecule has 1 saturated heterocycles. The highest BCUT2D eigenvalue weighted by atomic mass is 35.5. The van der Waals surface area contributed by atoms with Crippen LogP contribution in [-0.4, -0.2) is 18.6 Å². The van der Waals surface area contributed by atoms with E-state index in [-0.39, 0.29) is 11.0 Å². The summed E-state index contributed by atoms with van der Waals surface area (Å²) in [4.78, 5) is -0.136. The van der Waals surface area contributed by atoms with Gasteiger partial charge in [-0.25, -0.2) is 0 Å². The lowest BCUT2D eigenvalue weighted by Crippen LogP contribution is -2.29. The quantitative estimate of drug-likeness (QED) is 0.737. The van der Waals surface area contributed by atoms with Crippen molar-refractivity contribution in [1.82, 2.24) is 0 Å². The summed E-state index contributed by atoms with van der Waals surface area (Å²) in [6, 6.07) is 8.00. The van der Waals surface area contributed by atoms with Crippen molar-refractivity contribution in [1.29, 1.82) is 0 Å². The molecule has 0 spiro atoms. The van der Waals surface area contributed by atoms with Gasteiger partial charge in [0.25, 0.3) is 0 Å². The van der Waals surface area contributed by atoms with Crippen molar-refractivity contribution < 1.29 is 9.47 Å². The van der Waals surface area contributed by atoms with Gasteiger partial charge in [-0.15, -0.1) is 11.6 Å². The van der Waals surface area contributed by atoms with E-state index in [1.807, 2.05) is 24.3 Å². The largest absolute Gasteiger partial charge is 0.497 e. The van der Waals surface area contributed by atoms with Gasteiger partial charge in [0, 0.05) is 11.5 Å². The highest BCUT2D eigenvalue weighted by Crippen LogP contribution is 2.38. The van der Waals surface area contributed by atoms with Crippen LogP contribution < -0.4 is 4.74 Å². The van der Waals surface area contributed by atoms with Crippen molar-refractivity contribution >= 4 is 11.6 Å². The summed E-state index contributed by atoms with van der Waals surface area (Å²) >= 11 is 6.37. The van der Waals surface area contributed by atoms with E-state index in [1.54, 1.807) is 7.11 Å². The van der Waals surface area contributed by atoms with E-state index in [1.165, 1.54) is 5.56 Å². The first kappa shape index (κ1) is 11.7. The Morgan fingerprint density at radius 1 is 1.38 bits per heavy atom. The fraction of sp³-hybridized carbons (Fsp3) is 0.538. The fourth-order valence-electron chi connectivity index (χ4n) is 1.99. The first-order chi connectivity index (χ1) is 7.61. The van der Waals surface area contributed by atoms with Crippen LogP contribution in [0.3, 0.4) is 0 Å². The van der Waals surface area contributed by atoms with Gasteiger partial charge in [-0.2, -0.15) is 0 Å². The molecule has 1 aliphatic heterocycles. The predicted molar refractivity (Wildman–Crippen MR) is 65.2 cm³/mol. The van der Waals surface area contributed by atoms with E-state index >= 15 is 0 Å². The molecule has 2 unspecified atom stereocenters. The van der Waals surface area contributed by atoms with Gasteiger partial charge in [-0.05, 0) is 37.5 Å². The molecule has 1 fully saturated rings. The molecular weight excluding hydrogens is 224 g/mol. The highest BCUT2D eigenvalue weighted by molar-refractivity contribution is 6.23. The van der Waals surface area contributed by atoms with Crippen molar-refractivity contribution in [2.75, 3.05) is 13.7 Å². The van der Waals surface area contributed by atoms with Gasteiger partial charge in [0.2, 0.25) is 0 Å². The predicted octanol–water partition coefficient (Wildman–Crippen LogP) is 3.54. The number of hydrogen-bond donors (Lipinski definition) is 0. The van der Waals surface area contributed by atoms with Gasteiger partial charge >= 0.3 is 0 Å². The van der Waals surface area contributed by atoms with Gasteiger partial charge in [0.05, 0.1) is 13.2 Å². The minimum Gasteiger partial charge on any atom is -0.497 e. The van der Waals surface area contributed by atoms with Crippen LogP contribution in [0.5, 0.6) is 5.75 Å². The smallest absolute Gasteiger partial charge is 0.118 e. The Morgan fingerprint density at radius 3 is 2.62 bits per heavy atom. The number of halogens is 1. The maximum Gasteiger partial charge on any atom is 0.118 e. The molecule has 1 aromatic carbocycles. The topological polar surface area (TPSA) is 18.5 Å². The monoisotopic (exact) mass is 240 g/mol. The third kappa shape index (κ3) is 2.69. The lowest BCUT2D eigenvalue weighted by Gasteiger charge is -2.33. The molecule has 1 aromatic rings. The Morgan fingerprint density at radius 2 is 2.06 bits per heavy atom. The molecule has 16 heavy (non-hydrogen) atoms. The van der Waals surface area contributed by atoms with E-state index in [0.29, 0.717) is 0 Å². The summed E-state index contributed by atoms with van der Waals surface area (Å²) in [7, 11) is 1.67. The summed E-state index contributed by atoms with van der Waals surface area (Å²) < 4.78 is 10.9. The second kappa shape index (κ2) is 4.64. The van der Waals surface area contributed by atoms with E-state index in [0.717, 1.165) is 25.2 Å². The van der Waals surface area contributed by atoms with Crippen LogP contribution in [0.25, 0.3) is 0 Å². The summed E-state index contributed by atoms with van der Waals surface area (Å²) in [5.41, 5.74) is 1.17. The van der Waals surface area contributed by atoms with Gasteiger partial charge in [0.1, 0.15) is 5.75 Å². The Labute approximate surface area is 102 Å². The van der Waals surface area contributed by atoms with Crippen molar-refractivity contribution in [2.45, 2.75) is 30.7 Å². The molecule has 88 valence electrons. The number of alkyl halides is 1. The van der Waals surface area contributed by atoms with E-state index in [9.17, 15) is 0 Å². The van der Waals surface area contributed by atoms with Crippen LogP contribution in [-0.2, 0) is 4.74 Å². The van der Waals surface area contributed by atoms with Crippen molar-refractivity contribution in [3.05, 3.63) is 29.8 Å². The summed E-state index contributed by atoms with van der Waals surface area (Å²) in [5, 5.41) is 0. The molecule has 0 amide bonds. The number of rotatable bonds is 2. The average Bonchev–Trinajstić information content (AvgIpc) is 2.28. The summed E-state index contributed by atoms with van der Waals surface area (Å²) in [6.07, 6.45) is 1.89. The molecule has 0 radical (unpaired) electrons. The normalized spacial score (nSPS) is 30.1. The number of methoxy groups -OCH3 is 1. The van der Waals surface area contributed by atoms with Crippen LogP contribution in [0.1, 0.15) is 31.4 Å². The minimum atomic E-state index is -0.136. The first-order valence-electron chi connectivity index (χ1n) is 5.55. The number of benzene rings is 1. The maximum absolute atomic E-state index is 6.37. The molecule has 1 heterocycles. The minimum absolute atomic E-state index is 0.113. The molecule has 2 rings (SSSR count). The Bertz CT molecular complexity index is 345. The lowest BCUT2D eigenvalue weighted by molar-refractivity contribution is 0.000688. The van der Waals surface area contributed by atoms with Crippen LogP contribution >= 0.6 is 11.6 Å². The molecule has 0 aromatic heterocycles. The molecule has 0 bridgehead atoms. The zero-order chi connectivity index (χ0) is 11.6. The van der Waals surface area contributed by atoms with Crippen molar-refractivity contribution in [3.8, 4) is 5.75 Å². The Balaban J connectivity index is 2.11. The van der Waals surface area contributed by atoms with Crippen molar-refractivity contribution in [3.63, 3.8) is 0 Å². The molecule has 0 saturated carbocycles. The second-order valence-corrected chi connectivity index (χ2v) is 5.41. The SMILES string of the molecule is COc1ccc(C2CC(C)(Cl)CCO2)cc1. The fourth-order valence-corrected chi connectivity index (χ4v) is 2.21. The highest BCUT2D eigenvalue weighted by Gasteiger charge is 2.31. The third-order valence-corrected chi connectivity index (χ3v) is 3.38. The Kier molecular flexibility index (Phi) is 3.41. The van der Waals surface area contributed by atoms with Crippen molar-refractivity contribution in [2.24, 2.45) is 0 Å².